The number of nitrogens with zero attached hydrogens (tertiary/aromatic N) is 5. The van der Waals surface area contributed by atoms with Crippen LogP contribution in [0.25, 0.3) is 0 Å². The van der Waals surface area contributed by atoms with Crippen LogP contribution in [0, 0.1) is 0 Å². The number of hydrogen-bond donors (Lipinski definition) is 0. The Labute approximate surface area is 154 Å². The number of piperazine rings is 1. The Morgan fingerprint density at radius 1 is 1.00 bits per heavy atom. The second-order valence-corrected chi connectivity index (χ2v) is 9.52. The molecule has 0 bridgehead atoms. The van der Waals surface area contributed by atoms with E-state index >= 15 is 0 Å². The predicted octanol–water partition coefficient (Wildman–Crippen LogP) is -0.223. The number of carbonyl (C=O) groups is 1. The van der Waals surface area contributed by atoms with Crippen LogP contribution < -0.4 is 4.90 Å². The summed E-state index contributed by atoms with van der Waals surface area (Å²) in [4.78, 5) is 27.2. The van der Waals surface area contributed by atoms with Crippen LogP contribution in [0.15, 0.2) is 18.5 Å². The number of fused-ring (bicyclic) bond motifs is 1. The van der Waals surface area contributed by atoms with Gasteiger partial charge in [-0.2, -0.15) is 0 Å². The molecule has 3 saturated heterocycles. The SMILES string of the molecule is O=C(CN1CCN(c2ncccn2)[C@@H]2CS(=O)(=O)C[C@@H]21)N1CCCCC1. The lowest BCUT2D eigenvalue weighted by atomic mass is 10.0. The lowest BCUT2D eigenvalue weighted by Gasteiger charge is -2.44. The van der Waals surface area contributed by atoms with Crippen molar-refractivity contribution in [2.24, 2.45) is 0 Å². The van der Waals surface area contributed by atoms with Gasteiger partial charge in [-0.05, 0) is 25.3 Å². The summed E-state index contributed by atoms with van der Waals surface area (Å²) >= 11 is 0. The maximum atomic E-state index is 12.7. The highest BCUT2D eigenvalue weighted by Gasteiger charge is 2.47. The van der Waals surface area contributed by atoms with E-state index < -0.39 is 9.84 Å². The van der Waals surface area contributed by atoms with Crippen molar-refractivity contribution in [2.45, 2.75) is 31.3 Å². The van der Waals surface area contributed by atoms with Crippen molar-refractivity contribution >= 4 is 21.7 Å². The first-order chi connectivity index (χ1) is 12.5. The van der Waals surface area contributed by atoms with E-state index in [9.17, 15) is 13.2 Å². The van der Waals surface area contributed by atoms with Crippen LogP contribution in [0.5, 0.6) is 0 Å². The Morgan fingerprint density at radius 2 is 1.69 bits per heavy atom. The number of amides is 1. The fourth-order valence-corrected chi connectivity index (χ4v) is 6.34. The maximum absolute atomic E-state index is 12.7. The third kappa shape index (κ3) is 3.55. The third-order valence-electron chi connectivity index (χ3n) is 5.65. The predicted molar refractivity (Wildman–Crippen MR) is 97.6 cm³/mol. The average molecular weight is 379 g/mol. The molecule has 26 heavy (non-hydrogen) atoms. The maximum Gasteiger partial charge on any atom is 0.236 e. The normalized spacial score (nSPS) is 28.8. The Balaban J connectivity index is 1.51. The highest BCUT2D eigenvalue weighted by atomic mass is 32.2. The van der Waals surface area contributed by atoms with E-state index in [1.807, 2.05) is 9.80 Å². The molecule has 0 aromatic carbocycles. The third-order valence-corrected chi connectivity index (χ3v) is 7.35. The molecule has 3 fully saturated rings. The fourth-order valence-electron chi connectivity index (χ4n) is 4.33. The average Bonchev–Trinajstić information content (AvgIpc) is 2.99. The van der Waals surface area contributed by atoms with E-state index in [2.05, 4.69) is 14.9 Å². The number of aromatic nitrogens is 2. The molecular formula is C17H25N5O3S. The summed E-state index contributed by atoms with van der Waals surface area (Å²) in [6.45, 7) is 3.23. The standard InChI is InChI=1S/C17H25N5O3S/c23-16(20-7-2-1-3-8-20)11-21-9-10-22(17-18-5-4-6-19-17)15-13-26(24,25)12-14(15)21/h4-6,14-15H,1-3,7-13H2/t14-,15+/m0/s1. The Hall–Kier alpha value is -1.74. The highest BCUT2D eigenvalue weighted by molar-refractivity contribution is 7.91. The fraction of sp³-hybridized carbons (Fsp3) is 0.706. The van der Waals surface area contributed by atoms with E-state index in [1.165, 1.54) is 6.42 Å². The molecule has 2 atom stereocenters. The molecule has 0 unspecified atom stereocenters. The van der Waals surface area contributed by atoms with Gasteiger partial charge in [-0.25, -0.2) is 18.4 Å². The van der Waals surface area contributed by atoms with Crippen molar-refractivity contribution in [1.82, 2.24) is 19.8 Å². The van der Waals surface area contributed by atoms with Crippen LogP contribution in [0.2, 0.25) is 0 Å². The second kappa shape index (κ2) is 7.11. The number of hydrogen-bond acceptors (Lipinski definition) is 7. The zero-order chi connectivity index (χ0) is 18.1. The molecule has 8 nitrogen and oxygen atoms in total. The summed E-state index contributed by atoms with van der Waals surface area (Å²) in [7, 11) is -3.13. The first-order valence-electron chi connectivity index (χ1n) is 9.29. The lowest BCUT2D eigenvalue weighted by Crippen LogP contribution is -2.61. The van der Waals surface area contributed by atoms with Gasteiger partial charge in [0.05, 0.1) is 24.1 Å². The van der Waals surface area contributed by atoms with Crippen molar-refractivity contribution in [3.63, 3.8) is 0 Å². The van der Waals surface area contributed by atoms with Crippen molar-refractivity contribution in [2.75, 3.05) is 49.1 Å². The van der Waals surface area contributed by atoms with Gasteiger partial charge < -0.3 is 9.80 Å². The van der Waals surface area contributed by atoms with E-state index in [0.717, 1.165) is 25.9 Å². The lowest BCUT2D eigenvalue weighted by molar-refractivity contribution is -0.134. The molecule has 4 rings (SSSR count). The van der Waals surface area contributed by atoms with Crippen molar-refractivity contribution in [3.8, 4) is 0 Å². The Kier molecular flexibility index (Phi) is 4.83. The minimum atomic E-state index is -3.13. The summed E-state index contributed by atoms with van der Waals surface area (Å²) in [5.41, 5.74) is 0. The zero-order valence-corrected chi connectivity index (χ0v) is 15.6. The van der Waals surface area contributed by atoms with Gasteiger partial charge in [0.1, 0.15) is 0 Å². The van der Waals surface area contributed by atoms with E-state index in [0.29, 0.717) is 25.6 Å². The summed E-state index contributed by atoms with van der Waals surface area (Å²) in [5.74, 6) is 0.900. The van der Waals surface area contributed by atoms with Gasteiger partial charge in [-0.1, -0.05) is 0 Å². The van der Waals surface area contributed by atoms with Gasteiger partial charge >= 0.3 is 0 Å². The van der Waals surface area contributed by atoms with Gasteiger partial charge in [-0.3, -0.25) is 9.69 Å². The van der Waals surface area contributed by atoms with E-state index in [-0.39, 0.29) is 29.5 Å². The topological polar surface area (TPSA) is 86.7 Å². The smallest absolute Gasteiger partial charge is 0.236 e. The van der Waals surface area contributed by atoms with E-state index in [4.69, 9.17) is 0 Å². The summed E-state index contributed by atoms with van der Waals surface area (Å²) in [6, 6.07) is 1.39. The van der Waals surface area contributed by atoms with Crippen molar-refractivity contribution in [1.29, 1.82) is 0 Å². The molecule has 1 aromatic heterocycles. The molecule has 1 amide bonds. The second-order valence-electron chi connectivity index (χ2n) is 7.37. The molecule has 1 aromatic rings. The van der Waals surface area contributed by atoms with Gasteiger partial charge in [-0.15, -0.1) is 0 Å². The molecule has 9 heteroatoms. The molecule has 0 aliphatic carbocycles. The monoisotopic (exact) mass is 379 g/mol. The van der Waals surface area contributed by atoms with Crippen LogP contribution in [0.3, 0.4) is 0 Å². The largest absolute Gasteiger partial charge is 0.342 e. The first kappa shape index (κ1) is 17.7. The highest BCUT2D eigenvalue weighted by Crippen LogP contribution is 2.29. The Bertz CT molecular complexity index is 751. The molecule has 3 aliphatic rings. The number of sulfone groups is 1. The minimum Gasteiger partial charge on any atom is -0.342 e. The van der Waals surface area contributed by atoms with Crippen LogP contribution in [0.4, 0.5) is 5.95 Å². The van der Waals surface area contributed by atoms with Gasteiger partial charge in [0.15, 0.2) is 9.84 Å². The molecule has 0 spiro atoms. The molecule has 142 valence electrons. The number of piperidine rings is 1. The number of likely N-dealkylation sites (tertiary alicyclic amines) is 1. The molecule has 0 radical (unpaired) electrons. The van der Waals surface area contributed by atoms with Gasteiger partial charge in [0, 0.05) is 44.6 Å². The van der Waals surface area contributed by atoms with Crippen LogP contribution in [-0.2, 0) is 14.6 Å². The molecule has 0 N–H and O–H groups in total. The zero-order valence-electron chi connectivity index (χ0n) is 14.8. The summed E-state index contributed by atoms with van der Waals surface area (Å²) in [6.07, 6.45) is 6.65. The Morgan fingerprint density at radius 3 is 2.42 bits per heavy atom. The van der Waals surface area contributed by atoms with Crippen molar-refractivity contribution in [3.05, 3.63) is 18.5 Å². The van der Waals surface area contributed by atoms with Crippen LogP contribution in [-0.4, -0.2) is 90.4 Å². The molecule has 4 heterocycles. The van der Waals surface area contributed by atoms with Crippen LogP contribution in [0.1, 0.15) is 19.3 Å². The number of rotatable bonds is 3. The van der Waals surface area contributed by atoms with Crippen molar-refractivity contribution < 1.29 is 13.2 Å². The summed E-state index contributed by atoms with van der Waals surface area (Å²) in [5, 5.41) is 0. The first-order valence-corrected chi connectivity index (χ1v) is 11.1. The van der Waals surface area contributed by atoms with Crippen LogP contribution >= 0.6 is 0 Å². The summed E-state index contributed by atoms with van der Waals surface area (Å²) < 4.78 is 24.6. The quantitative estimate of drug-likeness (QED) is 0.717. The molecule has 0 saturated carbocycles. The molecule has 3 aliphatic heterocycles. The van der Waals surface area contributed by atoms with E-state index in [1.54, 1.807) is 18.5 Å². The van der Waals surface area contributed by atoms with Gasteiger partial charge in [0.25, 0.3) is 0 Å². The van der Waals surface area contributed by atoms with Gasteiger partial charge in [0.2, 0.25) is 11.9 Å². The number of anilines is 1. The molecular weight excluding hydrogens is 354 g/mol. The minimum absolute atomic E-state index is 0.102. The number of carbonyl (C=O) groups excluding carboxylic acids is 1.